The van der Waals surface area contributed by atoms with Crippen LogP contribution in [0.1, 0.15) is 57.4 Å². The maximum Gasteiger partial charge on any atom is 0.122 e. The fourth-order valence-electron chi connectivity index (χ4n) is 3.70. The zero-order valence-corrected chi connectivity index (χ0v) is 20.5. The van der Waals surface area contributed by atoms with E-state index in [4.69, 9.17) is 9.47 Å². The molecule has 0 fully saturated rings. The van der Waals surface area contributed by atoms with E-state index in [9.17, 15) is 0 Å². The molecule has 0 radical (unpaired) electrons. The Morgan fingerprint density at radius 1 is 0.806 bits per heavy atom. The van der Waals surface area contributed by atoms with Crippen molar-refractivity contribution in [2.75, 3.05) is 33.9 Å². The van der Waals surface area contributed by atoms with Crippen molar-refractivity contribution >= 4 is 0 Å². The van der Waals surface area contributed by atoms with Crippen molar-refractivity contribution in [3.05, 3.63) is 66.2 Å². The van der Waals surface area contributed by atoms with E-state index >= 15 is 0 Å². The highest BCUT2D eigenvalue weighted by atomic mass is 35.5. The summed E-state index contributed by atoms with van der Waals surface area (Å²) in [5.41, 5.74) is 1.37. The van der Waals surface area contributed by atoms with Gasteiger partial charge in [0.05, 0.1) is 27.3 Å². The van der Waals surface area contributed by atoms with Gasteiger partial charge >= 0.3 is 0 Å². The topological polar surface area (TPSA) is 18.5 Å². The molecule has 0 heterocycles. The van der Waals surface area contributed by atoms with E-state index in [0.717, 1.165) is 36.3 Å². The molecule has 1 unspecified atom stereocenters. The molecule has 0 saturated carbocycles. The van der Waals surface area contributed by atoms with Gasteiger partial charge in [0.25, 0.3) is 0 Å². The molecule has 0 aliphatic rings. The number of rotatable bonds is 16. The summed E-state index contributed by atoms with van der Waals surface area (Å²) >= 11 is 0. The van der Waals surface area contributed by atoms with Crippen LogP contribution in [0.25, 0.3) is 0 Å². The van der Waals surface area contributed by atoms with Gasteiger partial charge < -0.3 is 26.4 Å². The van der Waals surface area contributed by atoms with Crippen LogP contribution >= 0.6 is 0 Å². The van der Waals surface area contributed by atoms with Crippen LogP contribution in [0.2, 0.25) is 0 Å². The molecule has 0 aliphatic carbocycles. The predicted octanol–water partition coefficient (Wildman–Crippen LogP) is 3.48. The Morgan fingerprint density at radius 3 is 2.10 bits per heavy atom. The molecule has 0 saturated heterocycles. The lowest BCUT2D eigenvalue weighted by atomic mass is 10.1. The highest BCUT2D eigenvalue weighted by Crippen LogP contribution is 2.16. The van der Waals surface area contributed by atoms with Crippen LogP contribution in [0.15, 0.2) is 60.7 Å². The monoisotopic (exact) mass is 447 g/mol. The second-order valence-corrected chi connectivity index (χ2v) is 8.99. The van der Waals surface area contributed by atoms with Gasteiger partial charge in [0.15, 0.2) is 0 Å². The fourth-order valence-corrected chi connectivity index (χ4v) is 3.70. The van der Waals surface area contributed by atoms with Gasteiger partial charge in [-0.3, -0.25) is 0 Å². The van der Waals surface area contributed by atoms with Crippen molar-refractivity contribution in [1.82, 2.24) is 0 Å². The molecule has 2 aromatic rings. The van der Waals surface area contributed by atoms with E-state index in [0.29, 0.717) is 6.61 Å². The number of quaternary nitrogens is 1. The molecular weight excluding hydrogens is 406 g/mol. The summed E-state index contributed by atoms with van der Waals surface area (Å²) < 4.78 is 13.3. The first-order chi connectivity index (χ1) is 14.6. The van der Waals surface area contributed by atoms with E-state index < -0.39 is 0 Å². The molecule has 0 spiro atoms. The van der Waals surface area contributed by atoms with Crippen molar-refractivity contribution in [1.29, 1.82) is 0 Å². The summed E-state index contributed by atoms with van der Waals surface area (Å²) in [6.07, 6.45) is 9.02. The molecule has 0 N–H and O–H groups in total. The SMILES string of the molecule is CCCCCCCCC(COCC[N+](C)(C)Cc1ccccc1)Oc1ccccc1.[Cl-]. The van der Waals surface area contributed by atoms with E-state index in [-0.39, 0.29) is 18.5 Å². The third kappa shape index (κ3) is 12.8. The van der Waals surface area contributed by atoms with Crippen LogP contribution in [-0.2, 0) is 11.3 Å². The third-order valence-electron chi connectivity index (χ3n) is 5.52. The summed E-state index contributed by atoms with van der Waals surface area (Å²) in [6, 6.07) is 20.9. The molecule has 3 nitrogen and oxygen atoms in total. The first-order valence-electron chi connectivity index (χ1n) is 11.7. The van der Waals surface area contributed by atoms with Gasteiger partial charge in [-0.2, -0.15) is 0 Å². The van der Waals surface area contributed by atoms with Crippen molar-refractivity contribution in [2.45, 2.75) is 64.5 Å². The van der Waals surface area contributed by atoms with Crippen molar-refractivity contribution < 1.29 is 26.4 Å². The van der Waals surface area contributed by atoms with Gasteiger partial charge in [-0.25, -0.2) is 0 Å². The molecule has 0 amide bonds. The number of ether oxygens (including phenoxy) is 2. The standard InChI is InChI=1S/C27H42NO2.ClH/c1-4-5-6-7-8-13-20-27(30-26-18-14-10-15-19-26)24-29-22-21-28(2,3)23-25-16-11-9-12-17-25;/h9-12,14-19,27H,4-8,13,20-24H2,1-3H3;1H/q+1;/p-1. The Bertz CT molecular complexity index is 663. The molecule has 2 aromatic carbocycles. The molecule has 0 aromatic heterocycles. The van der Waals surface area contributed by atoms with Crippen molar-refractivity contribution in [3.8, 4) is 5.75 Å². The Kier molecular flexibility index (Phi) is 14.3. The second-order valence-electron chi connectivity index (χ2n) is 8.99. The molecule has 0 bridgehead atoms. The van der Waals surface area contributed by atoms with Crippen LogP contribution in [0.5, 0.6) is 5.75 Å². The summed E-state index contributed by atoms with van der Waals surface area (Å²) in [6.45, 7) is 5.69. The highest BCUT2D eigenvalue weighted by molar-refractivity contribution is 5.21. The van der Waals surface area contributed by atoms with Gasteiger partial charge in [-0.05, 0) is 25.0 Å². The summed E-state index contributed by atoms with van der Waals surface area (Å²) in [5, 5.41) is 0. The maximum absolute atomic E-state index is 6.24. The first kappa shape index (κ1) is 27.5. The lowest BCUT2D eigenvalue weighted by Crippen LogP contribution is -3.00. The molecule has 2 rings (SSSR count). The molecule has 174 valence electrons. The van der Waals surface area contributed by atoms with Gasteiger partial charge in [0.1, 0.15) is 24.9 Å². The van der Waals surface area contributed by atoms with E-state index in [2.05, 4.69) is 51.4 Å². The van der Waals surface area contributed by atoms with E-state index in [1.165, 1.54) is 44.1 Å². The third-order valence-corrected chi connectivity index (χ3v) is 5.52. The van der Waals surface area contributed by atoms with Crippen LogP contribution < -0.4 is 17.1 Å². The first-order valence-corrected chi connectivity index (χ1v) is 11.7. The lowest BCUT2D eigenvalue weighted by Gasteiger charge is -2.30. The number of para-hydroxylation sites is 1. The fraction of sp³-hybridized carbons (Fsp3) is 0.556. The summed E-state index contributed by atoms with van der Waals surface area (Å²) in [4.78, 5) is 0. The smallest absolute Gasteiger partial charge is 0.122 e. The molecule has 1 atom stereocenters. The number of unbranched alkanes of at least 4 members (excludes halogenated alkanes) is 5. The number of nitrogens with zero attached hydrogens (tertiary/aromatic N) is 1. The lowest BCUT2D eigenvalue weighted by molar-refractivity contribution is -0.904. The molecule has 31 heavy (non-hydrogen) atoms. The minimum atomic E-state index is 0. The normalized spacial score (nSPS) is 12.2. The van der Waals surface area contributed by atoms with Gasteiger partial charge in [-0.15, -0.1) is 0 Å². The average molecular weight is 448 g/mol. The molecular formula is C27H42ClNO2. The second kappa shape index (κ2) is 16.1. The van der Waals surface area contributed by atoms with Gasteiger partial charge in [0.2, 0.25) is 0 Å². The summed E-state index contributed by atoms with van der Waals surface area (Å²) in [5.74, 6) is 0.942. The van der Waals surface area contributed by atoms with Crippen LogP contribution in [-0.4, -0.2) is 44.4 Å². The Balaban J connectivity index is 0.00000480. The van der Waals surface area contributed by atoms with Crippen LogP contribution in [0.3, 0.4) is 0 Å². The number of halogens is 1. The average Bonchev–Trinajstić information content (AvgIpc) is 2.74. The van der Waals surface area contributed by atoms with Crippen molar-refractivity contribution in [3.63, 3.8) is 0 Å². The van der Waals surface area contributed by atoms with E-state index in [1.807, 2.05) is 30.3 Å². The number of hydrogen-bond acceptors (Lipinski definition) is 2. The van der Waals surface area contributed by atoms with E-state index in [1.54, 1.807) is 0 Å². The quantitative estimate of drug-likeness (QED) is 0.290. The zero-order valence-electron chi connectivity index (χ0n) is 19.8. The molecule has 0 aliphatic heterocycles. The molecule has 4 heteroatoms. The van der Waals surface area contributed by atoms with Crippen LogP contribution in [0, 0.1) is 0 Å². The van der Waals surface area contributed by atoms with Crippen molar-refractivity contribution in [2.24, 2.45) is 0 Å². The van der Waals surface area contributed by atoms with Gasteiger partial charge in [-0.1, -0.05) is 87.6 Å². The summed E-state index contributed by atoms with van der Waals surface area (Å²) in [7, 11) is 4.54. The van der Waals surface area contributed by atoms with Gasteiger partial charge in [0, 0.05) is 5.56 Å². The largest absolute Gasteiger partial charge is 1.00 e. The number of likely N-dealkylation sites (N-methyl/N-ethyl adjacent to an activating group) is 1. The number of hydrogen-bond donors (Lipinski definition) is 0. The Morgan fingerprint density at radius 2 is 1.42 bits per heavy atom. The zero-order chi connectivity index (χ0) is 21.5. The van der Waals surface area contributed by atoms with Crippen LogP contribution in [0.4, 0.5) is 0 Å². The minimum Gasteiger partial charge on any atom is -1.00 e. The maximum atomic E-state index is 6.24. The minimum absolute atomic E-state index is 0. The predicted molar refractivity (Wildman–Crippen MR) is 127 cm³/mol. The Labute approximate surface area is 196 Å². The highest BCUT2D eigenvalue weighted by Gasteiger charge is 2.17. The number of benzene rings is 2. The Hall–Kier alpha value is -1.55.